The lowest BCUT2D eigenvalue weighted by Crippen LogP contribution is -1.98. The van der Waals surface area contributed by atoms with Crippen molar-refractivity contribution in [3.05, 3.63) is 22.7 Å². The van der Waals surface area contributed by atoms with E-state index in [0.29, 0.717) is 0 Å². The summed E-state index contributed by atoms with van der Waals surface area (Å²) in [6, 6.07) is 2.02. The van der Waals surface area contributed by atoms with Crippen LogP contribution in [0.4, 0.5) is 5.69 Å². The molecule has 13 heavy (non-hydrogen) atoms. The fourth-order valence-electron chi connectivity index (χ4n) is 1.49. The second-order valence-electron chi connectivity index (χ2n) is 3.09. The van der Waals surface area contributed by atoms with Crippen LogP contribution in [0, 0.1) is 6.92 Å². The lowest BCUT2D eigenvalue weighted by Gasteiger charge is -2.06. The Morgan fingerprint density at radius 2 is 2.31 bits per heavy atom. The van der Waals surface area contributed by atoms with E-state index in [2.05, 4.69) is 11.9 Å². The maximum atomic E-state index is 6.01. The highest BCUT2D eigenvalue weighted by Gasteiger charge is 2.08. The Balaban J connectivity index is 2.83. The van der Waals surface area contributed by atoms with Crippen LogP contribution in [0.15, 0.2) is 11.4 Å². The van der Waals surface area contributed by atoms with Gasteiger partial charge in [0.1, 0.15) is 0 Å². The van der Waals surface area contributed by atoms with Crippen LogP contribution in [0.2, 0.25) is 0 Å². The number of aryl methyl sites for hydroxylation is 1. The number of nitrogen functional groups attached to an aromatic ring is 1. The number of nitrogens with zero attached hydrogens (tertiary/aromatic N) is 1. The first-order valence-corrected chi connectivity index (χ1v) is 5.24. The van der Waals surface area contributed by atoms with Gasteiger partial charge in [-0.25, -0.2) is 0 Å². The summed E-state index contributed by atoms with van der Waals surface area (Å²) in [7, 11) is 0. The summed E-state index contributed by atoms with van der Waals surface area (Å²) >= 11 is 1.66. The topological polar surface area (TPSA) is 38.9 Å². The summed E-state index contributed by atoms with van der Waals surface area (Å²) in [6.07, 6.45) is 0.946. The van der Waals surface area contributed by atoms with E-state index in [1.807, 2.05) is 18.4 Å². The minimum absolute atomic E-state index is 0.900. The van der Waals surface area contributed by atoms with Crippen LogP contribution in [0.5, 0.6) is 0 Å². The zero-order valence-corrected chi connectivity index (χ0v) is 8.61. The maximum absolute atomic E-state index is 6.01. The van der Waals surface area contributed by atoms with Crippen LogP contribution in [0.25, 0.3) is 10.2 Å². The smallest absolute Gasteiger partial charge is 0.0834 e. The summed E-state index contributed by atoms with van der Waals surface area (Å²) < 4.78 is 1.12. The second-order valence-corrected chi connectivity index (χ2v) is 4.00. The number of rotatable bonds is 1. The summed E-state index contributed by atoms with van der Waals surface area (Å²) in [5.41, 5.74) is 10.2. The van der Waals surface area contributed by atoms with Crippen LogP contribution >= 0.6 is 11.3 Å². The third-order valence-electron chi connectivity index (χ3n) is 2.32. The van der Waals surface area contributed by atoms with Crippen molar-refractivity contribution < 1.29 is 0 Å². The predicted molar refractivity (Wildman–Crippen MR) is 58.1 cm³/mol. The van der Waals surface area contributed by atoms with Crippen molar-refractivity contribution in [2.24, 2.45) is 0 Å². The molecular weight excluding hydrogens is 180 g/mol. The third kappa shape index (κ3) is 1.20. The zero-order chi connectivity index (χ0) is 9.42. The molecule has 0 aliphatic heterocycles. The third-order valence-corrected chi connectivity index (χ3v) is 3.25. The van der Waals surface area contributed by atoms with Crippen LogP contribution in [-0.2, 0) is 6.42 Å². The molecule has 68 valence electrons. The Kier molecular flexibility index (Phi) is 1.96. The molecule has 2 N–H and O–H groups in total. The van der Waals surface area contributed by atoms with Crippen molar-refractivity contribution in [2.75, 3.05) is 5.73 Å². The normalized spacial score (nSPS) is 10.9. The van der Waals surface area contributed by atoms with Gasteiger partial charge in [-0.2, -0.15) is 0 Å². The van der Waals surface area contributed by atoms with Crippen LogP contribution in [0.1, 0.15) is 18.2 Å². The largest absolute Gasteiger partial charge is 0.397 e. The lowest BCUT2D eigenvalue weighted by atomic mass is 10.1. The Morgan fingerprint density at radius 1 is 1.54 bits per heavy atom. The molecule has 2 aromatic heterocycles. The molecule has 2 nitrogen and oxygen atoms in total. The number of pyridine rings is 1. The quantitative estimate of drug-likeness (QED) is 0.754. The Labute approximate surface area is 81.4 Å². The average molecular weight is 192 g/mol. The lowest BCUT2D eigenvalue weighted by molar-refractivity contribution is 1.03. The fourth-order valence-corrected chi connectivity index (χ4v) is 2.34. The molecule has 0 fully saturated rings. The second kappa shape index (κ2) is 3.00. The van der Waals surface area contributed by atoms with E-state index in [1.54, 1.807) is 11.3 Å². The fraction of sp³-hybridized carbons (Fsp3) is 0.300. The van der Waals surface area contributed by atoms with Gasteiger partial charge in [0.15, 0.2) is 0 Å². The van der Waals surface area contributed by atoms with Crippen molar-refractivity contribution >= 4 is 27.2 Å². The van der Waals surface area contributed by atoms with Gasteiger partial charge in [0.2, 0.25) is 0 Å². The molecule has 0 bridgehead atoms. The van der Waals surface area contributed by atoms with Crippen molar-refractivity contribution in [2.45, 2.75) is 20.3 Å². The number of fused-ring (bicyclic) bond motifs is 1. The molecule has 0 saturated carbocycles. The first-order chi connectivity index (χ1) is 6.24. The number of hydrogen-bond donors (Lipinski definition) is 1. The summed E-state index contributed by atoms with van der Waals surface area (Å²) in [4.78, 5) is 4.54. The summed E-state index contributed by atoms with van der Waals surface area (Å²) in [6.45, 7) is 4.15. The van der Waals surface area contributed by atoms with Crippen LogP contribution in [0.3, 0.4) is 0 Å². The van der Waals surface area contributed by atoms with Gasteiger partial charge >= 0.3 is 0 Å². The van der Waals surface area contributed by atoms with Gasteiger partial charge in [-0.15, -0.1) is 11.3 Å². The molecule has 0 spiro atoms. The zero-order valence-electron chi connectivity index (χ0n) is 7.79. The molecule has 2 rings (SSSR count). The van der Waals surface area contributed by atoms with E-state index in [1.165, 1.54) is 0 Å². The Bertz CT molecular complexity index is 445. The van der Waals surface area contributed by atoms with Gasteiger partial charge in [-0.3, -0.25) is 4.98 Å². The molecule has 0 aromatic carbocycles. The average Bonchev–Trinajstić information content (AvgIpc) is 2.59. The molecule has 0 atom stereocenters. The molecule has 0 radical (unpaired) electrons. The molecule has 0 aliphatic rings. The minimum atomic E-state index is 0.900. The van der Waals surface area contributed by atoms with Gasteiger partial charge in [0.05, 0.1) is 15.9 Å². The van der Waals surface area contributed by atoms with Crippen molar-refractivity contribution in [3.63, 3.8) is 0 Å². The summed E-state index contributed by atoms with van der Waals surface area (Å²) in [5, 5.41) is 2.03. The monoisotopic (exact) mass is 192 g/mol. The van der Waals surface area contributed by atoms with E-state index >= 15 is 0 Å². The Morgan fingerprint density at radius 3 is 3.00 bits per heavy atom. The molecule has 3 heteroatoms. The van der Waals surface area contributed by atoms with Crippen molar-refractivity contribution in [3.8, 4) is 0 Å². The highest BCUT2D eigenvalue weighted by Crippen LogP contribution is 2.29. The molecule has 0 unspecified atom stereocenters. The number of hydrogen-bond acceptors (Lipinski definition) is 3. The van der Waals surface area contributed by atoms with Gasteiger partial charge in [-0.05, 0) is 30.4 Å². The molecule has 2 heterocycles. The van der Waals surface area contributed by atoms with Gasteiger partial charge in [0, 0.05) is 5.69 Å². The van der Waals surface area contributed by atoms with Crippen LogP contribution in [-0.4, -0.2) is 4.98 Å². The van der Waals surface area contributed by atoms with Crippen molar-refractivity contribution in [1.82, 2.24) is 4.98 Å². The first kappa shape index (κ1) is 8.51. The first-order valence-electron chi connectivity index (χ1n) is 4.36. The molecular formula is C10H12N2S. The van der Waals surface area contributed by atoms with E-state index < -0.39 is 0 Å². The predicted octanol–water partition coefficient (Wildman–Crippen LogP) is 2.75. The molecule has 0 amide bonds. The highest BCUT2D eigenvalue weighted by atomic mass is 32.1. The Hall–Kier alpha value is -1.09. The highest BCUT2D eigenvalue weighted by molar-refractivity contribution is 7.17. The maximum Gasteiger partial charge on any atom is 0.0834 e. The molecule has 0 saturated heterocycles. The molecule has 0 aliphatic carbocycles. The van der Waals surface area contributed by atoms with Crippen molar-refractivity contribution in [1.29, 1.82) is 0 Å². The van der Waals surface area contributed by atoms with E-state index in [-0.39, 0.29) is 0 Å². The number of aromatic nitrogens is 1. The SMILES string of the molecule is CCc1nc2ccsc2c(N)c1C. The summed E-state index contributed by atoms with van der Waals surface area (Å²) in [5.74, 6) is 0. The molecule has 2 aromatic rings. The minimum Gasteiger partial charge on any atom is -0.397 e. The van der Waals surface area contributed by atoms with Crippen LogP contribution < -0.4 is 5.73 Å². The van der Waals surface area contributed by atoms with E-state index in [9.17, 15) is 0 Å². The van der Waals surface area contributed by atoms with Gasteiger partial charge in [0.25, 0.3) is 0 Å². The van der Waals surface area contributed by atoms with E-state index in [4.69, 9.17) is 5.73 Å². The number of nitrogens with two attached hydrogens (primary N) is 1. The van der Waals surface area contributed by atoms with E-state index in [0.717, 1.165) is 33.6 Å². The number of anilines is 1. The van der Waals surface area contributed by atoms with Gasteiger partial charge in [-0.1, -0.05) is 6.92 Å². The van der Waals surface area contributed by atoms with Gasteiger partial charge < -0.3 is 5.73 Å². The standard InChI is InChI=1S/C10H12N2S/c1-3-7-6(2)9(11)10-8(12-7)4-5-13-10/h4-5H,3H2,1-2H3,(H2,11,12). The number of thiophene rings is 1.